The third-order valence-corrected chi connectivity index (χ3v) is 4.99. The Morgan fingerprint density at radius 2 is 2.00 bits per heavy atom. The molecule has 0 aliphatic carbocycles. The number of amides is 2. The van der Waals surface area contributed by atoms with Crippen molar-refractivity contribution in [2.45, 2.75) is 26.2 Å². The molecule has 2 aromatic rings. The fraction of sp³-hybridized carbons (Fsp3) is 0.429. The third-order valence-electron chi connectivity index (χ3n) is 4.99. The van der Waals surface area contributed by atoms with Crippen molar-refractivity contribution in [1.29, 1.82) is 0 Å². The molecular weight excluding hydrogens is 342 g/mol. The Balaban J connectivity index is 1.66. The SMILES string of the molecule is CCc1ccc(-c2ccc(C(=O)N3CCCC(C(=O)NCCN)C3)o2)cc1. The molecule has 2 heterocycles. The molecular formula is C21H27N3O3. The lowest BCUT2D eigenvalue weighted by Crippen LogP contribution is -2.46. The lowest BCUT2D eigenvalue weighted by atomic mass is 9.97. The van der Waals surface area contributed by atoms with Crippen LogP contribution in [0, 0.1) is 5.92 Å². The van der Waals surface area contributed by atoms with Crippen molar-refractivity contribution in [2.75, 3.05) is 26.2 Å². The summed E-state index contributed by atoms with van der Waals surface area (Å²) in [5.74, 6) is 0.602. The van der Waals surface area contributed by atoms with E-state index < -0.39 is 0 Å². The topological polar surface area (TPSA) is 88.6 Å². The molecule has 6 nitrogen and oxygen atoms in total. The van der Waals surface area contributed by atoms with Gasteiger partial charge in [-0.3, -0.25) is 9.59 Å². The fourth-order valence-corrected chi connectivity index (χ4v) is 3.38. The van der Waals surface area contributed by atoms with E-state index in [4.69, 9.17) is 10.2 Å². The molecule has 1 unspecified atom stereocenters. The zero-order valence-electron chi connectivity index (χ0n) is 15.7. The third kappa shape index (κ3) is 4.57. The maximum absolute atomic E-state index is 12.8. The molecule has 2 amide bonds. The van der Waals surface area contributed by atoms with Crippen LogP contribution in [-0.4, -0.2) is 42.9 Å². The first-order chi connectivity index (χ1) is 13.1. The van der Waals surface area contributed by atoms with Crippen molar-refractivity contribution in [3.8, 4) is 11.3 Å². The van der Waals surface area contributed by atoms with Gasteiger partial charge in [0, 0.05) is 31.7 Å². The number of hydrogen-bond acceptors (Lipinski definition) is 4. The van der Waals surface area contributed by atoms with Gasteiger partial charge in [-0.2, -0.15) is 0 Å². The molecule has 3 N–H and O–H groups in total. The number of aryl methyl sites for hydroxylation is 1. The number of hydrogen-bond donors (Lipinski definition) is 2. The van der Waals surface area contributed by atoms with Gasteiger partial charge in [0.15, 0.2) is 5.76 Å². The van der Waals surface area contributed by atoms with Crippen LogP contribution < -0.4 is 11.1 Å². The van der Waals surface area contributed by atoms with Gasteiger partial charge in [0.25, 0.3) is 5.91 Å². The number of furan rings is 1. The standard InChI is InChI=1S/C21H27N3O3/c1-2-15-5-7-16(8-6-15)18-9-10-19(27-18)21(26)24-13-3-4-17(14-24)20(25)23-12-11-22/h5-10,17H,2-4,11-14,22H2,1H3,(H,23,25). The molecule has 0 spiro atoms. The van der Waals surface area contributed by atoms with Crippen molar-refractivity contribution < 1.29 is 14.0 Å². The second-order valence-corrected chi connectivity index (χ2v) is 6.88. The van der Waals surface area contributed by atoms with Gasteiger partial charge >= 0.3 is 0 Å². The molecule has 0 saturated carbocycles. The van der Waals surface area contributed by atoms with E-state index in [0.717, 1.165) is 24.8 Å². The van der Waals surface area contributed by atoms with E-state index in [0.29, 0.717) is 37.7 Å². The van der Waals surface area contributed by atoms with Crippen molar-refractivity contribution in [3.63, 3.8) is 0 Å². The number of benzene rings is 1. The average Bonchev–Trinajstić information content (AvgIpc) is 3.21. The number of nitrogens with zero attached hydrogens (tertiary/aromatic N) is 1. The number of carbonyl (C=O) groups is 2. The molecule has 0 bridgehead atoms. The molecule has 3 rings (SSSR count). The number of nitrogens with one attached hydrogen (secondary N) is 1. The highest BCUT2D eigenvalue weighted by Crippen LogP contribution is 2.25. The van der Waals surface area contributed by atoms with E-state index in [9.17, 15) is 9.59 Å². The van der Waals surface area contributed by atoms with Crippen molar-refractivity contribution in [3.05, 3.63) is 47.7 Å². The number of piperidine rings is 1. The number of rotatable bonds is 6. The van der Waals surface area contributed by atoms with Gasteiger partial charge in [-0.15, -0.1) is 0 Å². The van der Waals surface area contributed by atoms with Crippen molar-refractivity contribution >= 4 is 11.8 Å². The molecule has 144 valence electrons. The van der Waals surface area contributed by atoms with Crippen LogP contribution in [0.2, 0.25) is 0 Å². The maximum Gasteiger partial charge on any atom is 0.289 e. The molecule has 1 atom stereocenters. The van der Waals surface area contributed by atoms with Crippen molar-refractivity contribution in [1.82, 2.24) is 10.2 Å². The van der Waals surface area contributed by atoms with E-state index in [1.165, 1.54) is 5.56 Å². The summed E-state index contributed by atoms with van der Waals surface area (Å²) in [6, 6.07) is 11.7. The molecule has 1 saturated heterocycles. The highest BCUT2D eigenvalue weighted by molar-refractivity contribution is 5.92. The van der Waals surface area contributed by atoms with Crippen LogP contribution in [0.5, 0.6) is 0 Å². The Labute approximate surface area is 159 Å². The van der Waals surface area contributed by atoms with Gasteiger partial charge in [-0.05, 0) is 37.0 Å². The second kappa shape index (κ2) is 8.86. The lowest BCUT2D eigenvalue weighted by molar-refractivity contribution is -0.126. The van der Waals surface area contributed by atoms with Crippen LogP contribution in [0.25, 0.3) is 11.3 Å². The molecule has 1 aliphatic rings. The monoisotopic (exact) mass is 369 g/mol. The quantitative estimate of drug-likeness (QED) is 0.818. The highest BCUT2D eigenvalue weighted by Gasteiger charge is 2.30. The predicted molar refractivity (Wildman–Crippen MR) is 104 cm³/mol. The van der Waals surface area contributed by atoms with Gasteiger partial charge in [-0.25, -0.2) is 0 Å². The van der Waals surface area contributed by atoms with Gasteiger partial charge in [-0.1, -0.05) is 31.2 Å². The average molecular weight is 369 g/mol. The van der Waals surface area contributed by atoms with Crippen LogP contribution in [0.4, 0.5) is 0 Å². The van der Waals surface area contributed by atoms with E-state index in [1.807, 2.05) is 18.2 Å². The largest absolute Gasteiger partial charge is 0.451 e. The predicted octanol–water partition coefficient (Wildman–Crippen LogP) is 2.44. The van der Waals surface area contributed by atoms with Gasteiger partial charge < -0.3 is 20.4 Å². The van der Waals surface area contributed by atoms with Crippen molar-refractivity contribution in [2.24, 2.45) is 11.7 Å². The summed E-state index contributed by atoms with van der Waals surface area (Å²) in [5.41, 5.74) is 7.64. The summed E-state index contributed by atoms with van der Waals surface area (Å²) >= 11 is 0. The highest BCUT2D eigenvalue weighted by atomic mass is 16.4. The van der Waals surface area contributed by atoms with Crippen LogP contribution in [0.15, 0.2) is 40.8 Å². The van der Waals surface area contributed by atoms with E-state index in [2.05, 4.69) is 24.4 Å². The molecule has 1 aliphatic heterocycles. The van der Waals surface area contributed by atoms with Crippen LogP contribution in [0.1, 0.15) is 35.9 Å². The Hall–Kier alpha value is -2.60. The Morgan fingerprint density at radius 3 is 2.70 bits per heavy atom. The number of carbonyl (C=O) groups excluding carboxylic acids is 2. The minimum Gasteiger partial charge on any atom is -0.451 e. The van der Waals surface area contributed by atoms with Crippen LogP contribution in [-0.2, 0) is 11.2 Å². The zero-order chi connectivity index (χ0) is 19.2. The minimum absolute atomic E-state index is 0.0332. The summed E-state index contributed by atoms with van der Waals surface area (Å²) in [5, 5.41) is 2.81. The molecule has 0 radical (unpaired) electrons. The maximum atomic E-state index is 12.8. The first-order valence-electron chi connectivity index (χ1n) is 9.58. The molecule has 6 heteroatoms. The van der Waals surface area contributed by atoms with Gasteiger partial charge in [0.05, 0.1) is 5.92 Å². The summed E-state index contributed by atoms with van der Waals surface area (Å²) in [6.07, 6.45) is 2.57. The number of likely N-dealkylation sites (tertiary alicyclic amines) is 1. The molecule has 1 aromatic heterocycles. The minimum atomic E-state index is -0.190. The first-order valence-corrected chi connectivity index (χ1v) is 9.58. The first kappa shape index (κ1) is 19.2. The normalized spacial score (nSPS) is 17.0. The van der Waals surface area contributed by atoms with Crippen LogP contribution in [0.3, 0.4) is 0 Å². The second-order valence-electron chi connectivity index (χ2n) is 6.88. The Kier molecular flexibility index (Phi) is 6.29. The Bertz CT molecular complexity index is 782. The van der Waals surface area contributed by atoms with E-state index in [-0.39, 0.29) is 17.7 Å². The van der Waals surface area contributed by atoms with E-state index >= 15 is 0 Å². The smallest absolute Gasteiger partial charge is 0.289 e. The molecule has 1 fully saturated rings. The summed E-state index contributed by atoms with van der Waals surface area (Å²) < 4.78 is 5.81. The van der Waals surface area contributed by atoms with Crippen LogP contribution >= 0.6 is 0 Å². The van der Waals surface area contributed by atoms with Gasteiger partial charge in [0.1, 0.15) is 5.76 Å². The summed E-state index contributed by atoms with van der Waals surface area (Å²) in [4.78, 5) is 26.7. The molecule has 1 aromatic carbocycles. The van der Waals surface area contributed by atoms with E-state index in [1.54, 1.807) is 11.0 Å². The zero-order valence-corrected chi connectivity index (χ0v) is 15.7. The summed E-state index contributed by atoms with van der Waals surface area (Å²) in [7, 11) is 0. The Morgan fingerprint density at radius 1 is 1.22 bits per heavy atom. The lowest BCUT2D eigenvalue weighted by Gasteiger charge is -2.31. The summed E-state index contributed by atoms with van der Waals surface area (Å²) in [6.45, 7) is 4.04. The number of nitrogens with two attached hydrogens (primary N) is 1. The van der Waals surface area contributed by atoms with Gasteiger partial charge in [0.2, 0.25) is 5.91 Å². The molecule has 27 heavy (non-hydrogen) atoms. The fourth-order valence-electron chi connectivity index (χ4n) is 3.38.